The minimum atomic E-state index is -3.65. The van der Waals surface area contributed by atoms with E-state index in [2.05, 4.69) is 20.7 Å². The van der Waals surface area contributed by atoms with Crippen molar-refractivity contribution >= 4 is 37.7 Å². The van der Waals surface area contributed by atoms with Gasteiger partial charge in [-0.15, -0.1) is 11.8 Å². The molecule has 0 radical (unpaired) electrons. The third-order valence-corrected chi connectivity index (χ3v) is 6.50. The number of nitrogens with one attached hydrogen (secondary N) is 1. The van der Waals surface area contributed by atoms with Crippen LogP contribution in [0, 0.1) is 5.82 Å². The molecule has 0 saturated heterocycles. The van der Waals surface area contributed by atoms with Crippen LogP contribution in [0.5, 0.6) is 0 Å². The fourth-order valence-corrected chi connectivity index (χ4v) is 5.33. The SMILES string of the molecule is O=S(=O)(N[C@@H]1CCSc2ccc(F)cc21)c1cccc(Br)c1. The molecule has 0 aromatic heterocycles. The van der Waals surface area contributed by atoms with E-state index in [1.165, 1.54) is 18.2 Å². The van der Waals surface area contributed by atoms with E-state index in [0.29, 0.717) is 16.5 Å². The van der Waals surface area contributed by atoms with Gasteiger partial charge in [0.1, 0.15) is 5.82 Å². The second-order valence-electron chi connectivity index (χ2n) is 4.95. The summed E-state index contributed by atoms with van der Waals surface area (Å²) in [5.74, 6) is 0.442. The van der Waals surface area contributed by atoms with Crippen LogP contribution in [0.25, 0.3) is 0 Å². The summed E-state index contributed by atoms with van der Waals surface area (Å²) in [4.78, 5) is 1.12. The van der Waals surface area contributed by atoms with Crippen molar-refractivity contribution < 1.29 is 12.8 Å². The number of halogens is 2. The summed E-state index contributed by atoms with van der Waals surface area (Å²) in [5.41, 5.74) is 0.704. The van der Waals surface area contributed by atoms with Gasteiger partial charge in [0.05, 0.1) is 4.90 Å². The summed E-state index contributed by atoms with van der Waals surface area (Å²) in [6.07, 6.45) is 0.633. The number of thioether (sulfide) groups is 1. The number of benzene rings is 2. The molecule has 1 heterocycles. The van der Waals surface area contributed by atoms with E-state index in [1.54, 1.807) is 36.0 Å². The minimum absolute atomic E-state index is 0.193. The van der Waals surface area contributed by atoms with Crippen LogP contribution < -0.4 is 4.72 Å². The van der Waals surface area contributed by atoms with E-state index < -0.39 is 16.1 Å². The van der Waals surface area contributed by atoms with Gasteiger partial charge in [-0.3, -0.25) is 0 Å². The van der Waals surface area contributed by atoms with Gasteiger partial charge in [0.15, 0.2) is 0 Å². The molecule has 0 aliphatic carbocycles. The summed E-state index contributed by atoms with van der Waals surface area (Å²) in [5, 5.41) is 0. The molecule has 0 bridgehead atoms. The number of hydrogen-bond donors (Lipinski definition) is 1. The van der Waals surface area contributed by atoms with E-state index in [4.69, 9.17) is 0 Å². The molecule has 116 valence electrons. The monoisotopic (exact) mass is 401 g/mol. The molecule has 0 spiro atoms. The molecule has 22 heavy (non-hydrogen) atoms. The molecule has 0 saturated carbocycles. The normalized spacial score (nSPS) is 18.0. The zero-order valence-electron chi connectivity index (χ0n) is 11.4. The van der Waals surface area contributed by atoms with Crippen molar-refractivity contribution in [2.45, 2.75) is 22.3 Å². The fourth-order valence-electron chi connectivity index (χ4n) is 2.38. The number of rotatable bonds is 3. The van der Waals surface area contributed by atoms with Crippen LogP contribution in [-0.2, 0) is 10.0 Å². The van der Waals surface area contributed by atoms with Crippen molar-refractivity contribution in [3.05, 3.63) is 58.3 Å². The Labute approximate surface area is 141 Å². The lowest BCUT2D eigenvalue weighted by molar-refractivity contribution is 0.541. The van der Waals surface area contributed by atoms with Gasteiger partial charge in [-0.05, 0) is 54.1 Å². The lowest BCUT2D eigenvalue weighted by atomic mass is 10.0. The Balaban J connectivity index is 1.93. The molecule has 2 aromatic carbocycles. The highest BCUT2D eigenvalue weighted by molar-refractivity contribution is 9.10. The minimum Gasteiger partial charge on any atom is -0.207 e. The molecule has 0 unspecified atom stereocenters. The number of sulfonamides is 1. The number of hydrogen-bond acceptors (Lipinski definition) is 3. The van der Waals surface area contributed by atoms with Crippen molar-refractivity contribution in [1.82, 2.24) is 4.72 Å². The van der Waals surface area contributed by atoms with E-state index in [-0.39, 0.29) is 10.7 Å². The van der Waals surface area contributed by atoms with Crippen LogP contribution in [0.2, 0.25) is 0 Å². The van der Waals surface area contributed by atoms with Crippen molar-refractivity contribution in [1.29, 1.82) is 0 Å². The van der Waals surface area contributed by atoms with Gasteiger partial charge >= 0.3 is 0 Å². The maximum Gasteiger partial charge on any atom is 0.241 e. The van der Waals surface area contributed by atoms with Gasteiger partial charge in [-0.1, -0.05) is 22.0 Å². The molecule has 3 rings (SSSR count). The maximum absolute atomic E-state index is 13.5. The Morgan fingerprint density at radius 2 is 2.05 bits per heavy atom. The van der Waals surface area contributed by atoms with Crippen LogP contribution >= 0.6 is 27.7 Å². The summed E-state index contributed by atoms with van der Waals surface area (Å²) in [7, 11) is -3.65. The van der Waals surface area contributed by atoms with Gasteiger partial charge in [-0.25, -0.2) is 17.5 Å². The van der Waals surface area contributed by atoms with E-state index in [1.807, 2.05) is 0 Å². The quantitative estimate of drug-likeness (QED) is 0.841. The molecule has 1 aliphatic heterocycles. The molecule has 3 nitrogen and oxygen atoms in total. The third kappa shape index (κ3) is 3.37. The smallest absolute Gasteiger partial charge is 0.207 e. The van der Waals surface area contributed by atoms with E-state index in [0.717, 1.165) is 10.6 Å². The number of fused-ring (bicyclic) bond motifs is 1. The van der Waals surface area contributed by atoms with Gasteiger partial charge < -0.3 is 0 Å². The average molecular weight is 402 g/mol. The van der Waals surface area contributed by atoms with Crippen LogP contribution in [0.4, 0.5) is 4.39 Å². The van der Waals surface area contributed by atoms with Crippen LogP contribution in [0.15, 0.2) is 56.7 Å². The lowest BCUT2D eigenvalue weighted by Crippen LogP contribution is -2.30. The molecule has 1 atom stereocenters. The second kappa shape index (κ2) is 6.31. The Morgan fingerprint density at radius 3 is 2.82 bits per heavy atom. The first kappa shape index (κ1) is 16.0. The van der Waals surface area contributed by atoms with Crippen molar-refractivity contribution in [3.8, 4) is 0 Å². The van der Waals surface area contributed by atoms with E-state index >= 15 is 0 Å². The van der Waals surface area contributed by atoms with E-state index in [9.17, 15) is 12.8 Å². The van der Waals surface area contributed by atoms with Gasteiger partial charge in [0, 0.05) is 15.4 Å². The summed E-state index contributed by atoms with van der Waals surface area (Å²) in [6.45, 7) is 0. The summed E-state index contributed by atoms with van der Waals surface area (Å²) < 4.78 is 41.9. The first-order valence-electron chi connectivity index (χ1n) is 6.66. The molecule has 0 amide bonds. The Kier molecular flexibility index (Phi) is 4.59. The standard InChI is InChI=1S/C15H13BrFNO2S2/c16-10-2-1-3-12(8-10)22(19,20)18-14-6-7-21-15-5-4-11(17)9-13(14)15/h1-5,8-9,14,18H,6-7H2/t14-/m1/s1. The second-order valence-corrected chi connectivity index (χ2v) is 8.72. The topological polar surface area (TPSA) is 46.2 Å². The van der Waals surface area contributed by atoms with Gasteiger partial charge in [0.2, 0.25) is 10.0 Å². The van der Waals surface area contributed by atoms with Gasteiger partial charge in [-0.2, -0.15) is 0 Å². The third-order valence-electron chi connectivity index (χ3n) is 3.42. The molecular weight excluding hydrogens is 389 g/mol. The highest BCUT2D eigenvalue weighted by Crippen LogP contribution is 2.37. The molecule has 1 aliphatic rings. The van der Waals surface area contributed by atoms with Crippen molar-refractivity contribution in [2.75, 3.05) is 5.75 Å². The highest BCUT2D eigenvalue weighted by atomic mass is 79.9. The van der Waals surface area contributed by atoms with Crippen LogP contribution in [0.3, 0.4) is 0 Å². The first-order chi connectivity index (χ1) is 10.5. The molecule has 1 N–H and O–H groups in total. The predicted octanol–water partition coefficient (Wildman–Crippen LogP) is 4.10. The first-order valence-corrected chi connectivity index (χ1v) is 9.92. The highest BCUT2D eigenvalue weighted by Gasteiger charge is 2.26. The van der Waals surface area contributed by atoms with Crippen LogP contribution in [0.1, 0.15) is 18.0 Å². The summed E-state index contributed by atoms with van der Waals surface area (Å²) in [6, 6.07) is 10.6. The molecule has 0 fully saturated rings. The lowest BCUT2D eigenvalue weighted by Gasteiger charge is -2.25. The molecular formula is C15H13BrFNO2S2. The average Bonchev–Trinajstić information content (AvgIpc) is 2.48. The van der Waals surface area contributed by atoms with Crippen molar-refractivity contribution in [3.63, 3.8) is 0 Å². The molecule has 2 aromatic rings. The maximum atomic E-state index is 13.5. The Bertz CT molecular complexity index is 811. The predicted molar refractivity (Wildman–Crippen MR) is 88.9 cm³/mol. The zero-order valence-corrected chi connectivity index (χ0v) is 14.6. The Morgan fingerprint density at radius 1 is 1.23 bits per heavy atom. The van der Waals surface area contributed by atoms with Crippen LogP contribution in [-0.4, -0.2) is 14.2 Å². The largest absolute Gasteiger partial charge is 0.241 e. The van der Waals surface area contributed by atoms with Crippen molar-refractivity contribution in [2.24, 2.45) is 0 Å². The van der Waals surface area contributed by atoms with Gasteiger partial charge in [0.25, 0.3) is 0 Å². The zero-order chi connectivity index (χ0) is 15.7. The summed E-state index contributed by atoms with van der Waals surface area (Å²) >= 11 is 4.89. The molecule has 7 heteroatoms. The fraction of sp³-hybridized carbons (Fsp3) is 0.200. The Hall–Kier alpha value is -0.890.